The molecule has 2 atom stereocenters. The molecule has 3 aliphatic heterocycles. The van der Waals surface area contributed by atoms with Crippen molar-refractivity contribution in [2.45, 2.75) is 19.4 Å². The molecule has 0 aromatic heterocycles. The number of amides is 1. The summed E-state index contributed by atoms with van der Waals surface area (Å²) in [5.41, 5.74) is 10.5. The van der Waals surface area contributed by atoms with Crippen LogP contribution in [-0.4, -0.2) is 82.8 Å². The Balaban J connectivity index is 1.22. The molecule has 0 radical (unpaired) electrons. The summed E-state index contributed by atoms with van der Waals surface area (Å²) < 4.78 is 1.92. The van der Waals surface area contributed by atoms with Gasteiger partial charge in [-0.2, -0.15) is 0 Å². The molecule has 3 aromatic rings. The highest BCUT2D eigenvalue weighted by molar-refractivity contribution is 5.80. The number of aliphatic carboxylic acids is 2. The minimum atomic E-state index is -1.10. The molecule has 4 N–H and O–H groups in total. The molecule has 0 saturated carbocycles. The largest absolute Gasteiger partial charge is 0.481 e. The molecule has 3 aliphatic rings. The minimum absolute atomic E-state index is 0.151. The molecule has 2 bridgehead atoms. The number of carbonyl (C=O) groups is 3. The SMILES string of the molecule is NC(=O)C[N+]12CC[N+](Cc3ccc(-c4ccc(C[C@H](C(=O)O)[C@H](Cc5ccccc5)C(=O)O)cc4)cc3)(CC1)CC2. The fourth-order valence-corrected chi connectivity index (χ4v) is 6.70. The van der Waals surface area contributed by atoms with Crippen molar-refractivity contribution in [3.05, 3.63) is 95.6 Å². The van der Waals surface area contributed by atoms with Crippen LogP contribution >= 0.6 is 0 Å². The van der Waals surface area contributed by atoms with E-state index in [9.17, 15) is 24.6 Å². The van der Waals surface area contributed by atoms with Gasteiger partial charge < -0.3 is 24.9 Å². The molecule has 3 fully saturated rings. The van der Waals surface area contributed by atoms with Gasteiger partial charge in [0, 0.05) is 5.56 Å². The van der Waals surface area contributed by atoms with Gasteiger partial charge in [0.2, 0.25) is 0 Å². The van der Waals surface area contributed by atoms with E-state index in [0.29, 0.717) is 6.54 Å². The van der Waals surface area contributed by atoms with Crippen LogP contribution in [0.1, 0.15) is 16.7 Å². The number of carboxylic acids is 2. The lowest BCUT2D eigenvalue weighted by Crippen LogP contribution is -2.75. The van der Waals surface area contributed by atoms with E-state index in [0.717, 1.165) is 77.0 Å². The molecule has 0 unspecified atom stereocenters. The maximum absolute atomic E-state index is 12.1. The Morgan fingerprint density at radius 3 is 1.46 bits per heavy atom. The zero-order chi connectivity index (χ0) is 29.0. The van der Waals surface area contributed by atoms with E-state index in [4.69, 9.17) is 5.73 Å². The van der Waals surface area contributed by atoms with Crippen LogP contribution < -0.4 is 5.73 Å². The maximum atomic E-state index is 12.1. The second-order valence-corrected chi connectivity index (χ2v) is 12.0. The van der Waals surface area contributed by atoms with Gasteiger partial charge in [0.15, 0.2) is 6.54 Å². The van der Waals surface area contributed by atoms with Crippen molar-refractivity contribution in [1.82, 2.24) is 0 Å². The lowest BCUT2D eigenvalue weighted by atomic mass is 9.82. The third kappa shape index (κ3) is 6.66. The number of nitrogens with zero attached hydrogens (tertiary/aromatic N) is 2. The van der Waals surface area contributed by atoms with Crippen LogP contribution in [0, 0.1) is 11.8 Å². The molecule has 3 saturated heterocycles. The zero-order valence-electron chi connectivity index (χ0n) is 23.3. The summed E-state index contributed by atoms with van der Waals surface area (Å²) in [6.45, 7) is 7.69. The van der Waals surface area contributed by atoms with Gasteiger partial charge in [-0.1, -0.05) is 78.9 Å². The smallest absolute Gasteiger partial charge is 0.307 e. The summed E-state index contributed by atoms with van der Waals surface area (Å²) >= 11 is 0. The molecule has 8 heteroatoms. The number of nitrogens with two attached hydrogens (primary N) is 1. The van der Waals surface area contributed by atoms with Crippen LogP contribution in [0.5, 0.6) is 0 Å². The van der Waals surface area contributed by atoms with Crippen molar-refractivity contribution in [2.75, 3.05) is 45.8 Å². The number of carbonyl (C=O) groups excluding carboxylic acids is 1. The van der Waals surface area contributed by atoms with Gasteiger partial charge in [0.05, 0.1) is 11.8 Å². The molecule has 1 amide bonds. The number of quaternary nitrogens is 2. The topological polar surface area (TPSA) is 118 Å². The Labute approximate surface area is 240 Å². The third-order valence-corrected chi connectivity index (χ3v) is 9.27. The molecular weight excluding hydrogens is 518 g/mol. The third-order valence-electron chi connectivity index (χ3n) is 9.27. The van der Waals surface area contributed by atoms with E-state index in [1.807, 2.05) is 54.6 Å². The van der Waals surface area contributed by atoms with Crippen molar-refractivity contribution in [2.24, 2.45) is 17.6 Å². The number of hydrogen-bond acceptors (Lipinski definition) is 3. The normalized spacial score (nSPS) is 23.0. The molecule has 41 heavy (non-hydrogen) atoms. The zero-order valence-corrected chi connectivity index (χ0v) is 23.3. The molecule has 0 spiro atoms. The maximum Gasteiger partial charge on any atom is 0.307 e. The monoisotopic (exact) mass is 557 g/mol. The lowest BCUT2D eigenvalue weighted by Gasteiger charge is -2.55. The van der Waals surface area contributed by atoms with E-state index >= 15 is 0 Å². The number of benzene rings is 3. The highest BCUT2D eigenvalue weighted by Gasteiger charge is 2.49. The fraction of sp³-hybridized carbons (Fsp3) is 0.364. The van der Waals surface area contributed by atoms with E-state index in [2.05, 4.69) is 24.3 Å². The summed E-state index contributed by atoms with van der Waals surface area (Å²) in [6.07, 6.45) is 0.322. The van der Waals surface area contributed by atoms with Crippen LogP contribution in [0.15, 0.2) is 78.9 Å². The minimum Gasteiger partial charge on any atom is -0.481 e. The Morgan fingerprint density at radius 1 is 0.610 bits per heavy atom. The van der Waals surface area contributed by atoms with Gasteiger partial charge in [-0.25, -0.2) is 0 Å². The van der Waals surface area contributed by atoms with Gasteiger partial charge in [0.1, 0.15) is 45.8 Å². The lowest BCUT2D eigenvalue weighted by molar-refractivity contribution is -1.08. The van der Waals surface area contributed by atoms with Gasteiger partial charge in [-0.3, -0.25) is 14.4 Å². The van der Waals surface area contributed by atoms with Crippen molar-refractivity contribution in [1.29, 1.82) is 0 Å². The standard InChI is InChI=1S/C33H37N3O5/c34-31(37)23-36-17-14-35(15-18-36,16-19-36)22-26-8-12-28(13-9-26)27-10-6-25(7-11-27)21-30(33(40)41)29(32(38)39)20-24-4-2-1-3-5-24/h1-13,29-30H,14-23H2,(H2-2,34,37,38,39,40,41)/p+2/t29-,30-,35?,36?/m0/s1. The summed E-state index contributed by atoms with van der Waals surface area (Å²) in [7, 11) is 0. The second kappa shape index (κ2) is 11.8. The van der Waals surface area contributed by atoms with Crippen LogP contribution in [0.25, 0.3) is 11.1 Å². The van der Waals surface area contributed by atoms with Gasteiger partial charge in [-0.15, -0.1) is 0 Å². The number of hydrogen-bond donors (Lipinski definition) is 3. The van der Waals surface area contributed by atoms with Crippen molar-refractivity contribution in [3.63, 3.8) is 0 Å². The van der Waals surface area contributed by atoms with Crippen molar-refractivity contribution >= 4 is 17.8 Å². The number of carboxylic acid groups (broad SMARTS) is 2. The number of rotatable bonds is 12. The van der Waals surface area contributed by atoms with Crippen LogP contribution in [0.3, 0.4) is 0 Å². The number of primary amides is 1. The summed E-state index contributed by atoms with van der Waals surface area (Å²) in [5, 5.41) is 19.8. The van der Waals surface area contributed by atoms with Gasteiger partial charge >= 0.3 is 11.9 Å². The van der Waals surface area contributed by atoms with Gasteiger partial charge in [0.25, 0.3) is 5.91 Å². The second-order valence-electron chi connectivity index (χ2n) is 12.0. The van der Waals surface area contributed by atoms with Gasteiger partial charge in [-0.05, 0) is 35.1 Å². The first-order valence-electron chi connectivity index (χ1n) is 14.3. The Morgan fingerprint density at radius 2 is 1.02 bits per heavy atom. The summed E-state index contributed by atoms with van der Waals surface area (Å²) in [4.78, 5) is 35.7. The Hall–Kier alpha value is -4.01. The Bertz CT molecular complexity index is 1360. The van der Waals surface area contributed by atoms with E-state index in [1.165, 1.54) is 5.56 Å². The fourth-order valence-electron chi connectivity index (χ4n) is 6.70. The first-order valence-corrected chi connectivity index (χ1v) is 14.3. The molecular formula is C33H39N3O5+2. The first-order chi connectivity index (χ1) is 19.7. The average Bonchev–Trinajstić information content (AvgIpc) is 2.96. The molecule has 8 nitrogen and oxygen atoms in total. The average molecular weight is 558 g/mol. The molecule has 214 valence electrons. The molecule has 6 rings (SSSR count). The van der Waals surface area contributed by atoms with E-state index in [-0.39, 0.29) is 18.7 Å². The highest BCUT2D eigenvalue weighted by atomic mass is 16.4. The predicted molar refractivity (Wildman–Crippen MR) is 155 cm³/mol. The number of piperazine rings is 3. The summed E-state index contributed by atoms with van der Waals surface area (Å²) in [5.74, 6) is -4.45. The van der Waals surface area contributed by atoms with E-state index in [1.54, 1.807) is 0 Å². The van der Waals surface area contributed by atoms with Crippen molar-refractivity contribution < 1.29 is 33.6 Å². The number of fused-ring (bicyclic) bond motifs is 3. The molecule has 3 heterocycles. The van der Waals surface area contributed by atoms with Crippen molar-refractivity contribution in [3.8, 4) is 11.1 Å². The first kappa shape index (κ1) is 28.5. The molecule has 3 aromatic carbocycles. The Kier molecular flexibility index (Phi) is 8.24. The van der Waals surface area contributed by atoms with Crippen LogP contribution in [-0.2, 0) is 33.8 Å². The quantitative estimate of drug-likeness (QED) is 0.296. The van der Waals surface area contributed by atoms with E-state index < -0.39 is 23.8 Å². The van der Waals surface area contributed by atoms with Crippen LogP contribution in [0.2, 0.25) is 0 Å². The highest BCUT2D eigenvalue weighted by Crippen LogP contribution is 2.30. The summed E-state index contributed by atoms with van der Waals surface area (Å²) in [6, 6.07) is 25.6. The van der Waals surface area contributed by atoms with Crippen LogP contribution in [0.4, 0.5) is 0 Å². The predicted octanol–water partition coefficient (Wildman–Crippen LogP) is 3.19. The molecule has 0 aliphatic carbocycles.